The Morgan fingerprint density at radius 2 is 2.29 bits per heavy atom. The second-order valence-electron chi connectivity index (χ2n) is 4.09. The molecule has 3 N–H and O–H groups in total. The second-order valence-corrected chi connectivity index (χ2v) is 4.09. The Morgan fingerprint density at radius 1 is 1.59 bits per heavy atom. The van der Waals surface area contributed by atoms with Crippen LogP contribution < -0.4 is 11.2 Å². The van der Waals surface area contributed by atoms with Crippen LogP contribution >= 0.6 is 0 Å². The minimum absolute atomic E-state index is 0.205. The zero-order valence-corrected chi connectivity index (χ0v) is 9.29. The lowest BCUT2D eigenvalue weighted by atomic mass is 10.4. The number of hydrogen-bond donors (Lipinski definition) is 3. The summed E-state index contributed by atoms with van der Waals surface area (Å²) in [4.78, 5) is 24.9. The van der Waals surface area contributed by atoms with Crippen molar-refractivity contribution in [2.24, 2.45) is 0 Å². The van der Waals surface area contributed by atoms with Gasteiger partial charge in [-0.05, 0) is 6.92 Å². The molecule has 0 saturated carbocycles. The van der Waals surface area contributed by atoms with Gasteiger partial charge in [-0.1, -0.05) is 0 Å². The van der Waals surface area contributed by atoms with Crippen molar-refractivity contribution < 1.29 is 14.9 Å². The summed E-state index contributed by atoms with van der Waals surface area (Å²) in [5.41, 5.74) is -0.643. The number of nitrogens with one attached hydrogen (secondary N) is 1. The molecule has 7 nitrogen and oxygen atoms in total. The monoisotopic (exact) mass is 245 g/mol. The van der Waals surface area contributed by atoms with Crippen molar-refractivity contribution in [3.8, 4) is 0 Å². The molecule has 1 fully saturated rings. The van der Waals surface area contributed by atoms with Crippen LogP contribution in [-0.2, 0) is 4.74 Å². The van der Waals surface area contributed by atoms with Gasteiger partial charge in [-0.25, -0.2) is 4.79 Å². The average molecular weight is 245 g/mol. The van der Waals surface area contributed by atoms with E-state index in [1.165, 1.54) is 10.8 Å². The summed E-state index contributed by atoms with van der Waals surface area (Å²) in [6, 6.07) is 0. The normalized spacial score (nSPS) is 28.5. The number of rotatable bonds is 2. The van der Waals surface area contributed by atoms with Gasteiger partial charge in [-0.15, -0.1) is 0 Å². The van der Waals surface area contributed by atoms with Gasteiger partial charge >= 0.3 is 5.69 Å². The maximum absolute atomic E-state index is 11.6. The Bertz CT molecular complexity index is 520. The van der Waals surface area contributed by atoms with Gasteiger partial charge in [0.15, 0.2) is 0 Å². The Balaban J connectivity index is 2.34. The highest BCUT2D eigenvalue weighted by Gasteiger charge is 2.34. The summed E-state index contributed by atoms with van der Waals surface area (Å²) in [6.07, 6.45) is -0.581. The number of aliphatic hydroxyl groups is 2. The lowest BCUT2D eigenvalue weighted by molar-refractivity contribution is -0.0459. The number of aromatic nitrogens is 2. The van der Waals surface area contributed by atoms with E-state index in [4.69, 9.17) is 9.84 Å². The van der Waals surface area contributed by atoms with Gasteiger partial charge in [0.25, 0.3) is 5.56 Å². The van der Waals surface area contributed by atoms with E-state index in [1.54, 1.807) is 6.92 Å². The van der Waals surface area contributed by atoms with E-state index < -0.39 is 29.7 Å². The first kappa shape index (κ1) is 12.0. The lowest BCUT2D eigenvalue weighted by Crippen LogP contribution is -2.33. The van der Waals surface area contributed by atoms with Crippen molar-refractivity contribution in [2.45, 2.75) is 31.8 Å². The number of ether oxygens (including phenoxy) is 1. The molecule has 2 rings (SSSR count). The number of aromatic amines is 1. The number of H-pyrrole nitrogens is 1. The van der Waals surface area contributed by atoms with Crippen LogP contribution in [0.1, 0.15) is 18.2 Å². The van der Waals surface area contributed by atoms with Crippen LogP contribution in [0, 0.1) is 6.92 Å². The van der Waals surface area contributed by atoms with Gasteiger partial charge < -0.3 is 14.9 Å². The zero-order valence-electron chi connectivity index (χ0n) is 9.29. The molecule has 0 amide bonds. The topological polar surface area (TPSA) is 105 Å². The average Bonchev–Trinajstić information content (AvgIpc) is 2.65. The molecule has 17 heavy (non-hydrogen) atoms. The summed E-state index contributed by atoms with van der Waals surface area (Å²) in [5.74, 6) is 0. The predicted octanol–water partition coefficient (Wildman–Crippen LogP) is -1.51. The fourth-order valence-electron chi connectivity index (χ4n) is 1.85. The van der Waals surface area contributed by atoms with Crippen molar-refractivity contribution in [2.75, 3.05) is 6.61 Å². The minimum atomic E-state index is -0.816. The van der Waals surface area contributed by atoms with E-state index in [-0.39, 0.29) is 13.0 Å². The zero-order chi connectivity index (χ0) is 12.6. The molecule has 0 spiro atoms. The highest BCUT2D eigenvalue weighted by atomic mass is 16.6. The molecule has 2 heterocycles. The Hall–Kier alpha value is -1.44. The van der Waals surface area contributed by atoms with Crippen molar-refractivity contribution in [1.82, 2.24) is 9.55 Å². The van der Waals surface area contributed by atoms with Crippen LogP contribution in [0.4, 0.5) is 0 Å². The molecule has 0 aliphatic carbocycles. The molecule has 0 aromatic carbocycles. The molecular formula is C10H14N2O5. The van der Waals surface area contributed by atoms with Crippen molar-refractivity contribution >= 4 is 0 Å². The maximum atomic E-state index is 11.6. The lowest BCUT2D eigenvalue weighted by Gasteiger charge is -2.14. The van der Waals surface area contributed by atoms with Crippen LogP contribution in [0.5, 0.6) is 0 Å². The van der Waals surface area contributed by atoms with Crippen LogP contribution in [0.25, 0.3) is 0 Å². The molecule has 94 valence electrons. The largest absolute Gasteiger partial charge is 0.394 e. The molecular weight excluding hydrogens is 231 g/mol. The van der Waals surface area contributed by atoms with Gasteiger partial charge in [0.2, 0.25) is 0 Å². The molecule has 0 radical (unpaired) electrons. The third-order valence-electron chi connectivity index (χ3n) is 2.84. The third kappa shape index (κ3) is 2.17. The first-order valence-electron chi connectivity index (χ1n) is 5.29. The van der Waals surface area contributed by atoms with Crippen molar-refractivity contribution in [3.63, 3.8) is 0 Å². The van der Waals surface area contributed by atoms with Crippen molar-refractivity contribution in [1.29, 1.82) is 0 Å². The number of aryl methyl sites for hydroxylation is 1. The quantitative estimate of drug-likeness (QED) is 0.549. The Morgan fingerprint density at radius 3 is 2.88 bits per heavy atom. The SMILES string of the molecule is Cc1cn([13C@H]2[13CH2][C@H](O)[C@@H]([13CH2]O)O2)c(=O)[nH]c1=O. The van der Waals surface area contributed by atoms with Gasteiger partial charge in [-0.3, -0.25) is 14.3 Å². The standard InChI is InChI=1S/C10H14N2O5/c1-5-3-12(10(16)11-9(5)15)8-2-6(14)7(4-13)17-8/h3,6-8,13-14H,2,4H2,1H3,(H,11,15,16)/t6-,7+,8+/m0/s1/i2+1,4+1,8+1. The molecule has 0 unspecified atom stereocenters. The third-order valence-corrected chi connectivity index (χ3v) is 2.84. The number of nitrogens with zero attached hydrogens (tertiary/aromatic N) is 1. The second kappa shape index (κ2) is 4.44. The van der Waals surface area contributed by atoms with Crippen LogP contribution in [0.2, 0.25) is 0 Å². The van der Waals surface area contributed by atoms with Gasteiger partial charge in [-0.2, -0.15) is 0 Å². The highest BCUT2D eigenvalue weighted by Crippen LogP contribution is 2.27. The van der Waals surface area contributed by atoms with Crippen LogP contribution in [0.3, 0.4) is 0 Å². The fraction of sp³-hybridized carbons (Fsp3) is 0.600. The van der Waals surface area contributed by atoms with Gasteiger partial charge in [0.05, 0.1) is 12.7 Å². The predicted molar refractivity (Wildman–Crippen MR) is 57.7 cm³/mol. The molecule has 3 atom stereocenters. The Labute approximate surface area is 96.3 Å². The Kier molecular flexibility index (Phi) is 3.14. The van der Waals surface area contributed by atoms with Crippen LogP contribution in [0.15, 0.2) is 15.8 Å². The van der Waals surface area contributed by atoms with E-state index in [0.29, 0.717) is 5.56 Å². The van der Waals surface area contributed by atoms with E-state index in [2.05, 4.69) is 4.98 Å². The molecule has 1 saturated heterocycles. The molecule has 1 aromatic rings. The van der Waals surface area contributed by atoms with Gasteiger partial charge in [0.1, 0.15) is 12.3 Å². The first-order chi connectivity index (χ1) is 8.02. The number of aliphatic hydroxyl groups excluding tert-OH is 2. The highest BCUT2D eigenvalue weighted by molar-refractivity contribution is 5.02. The summed E-state index contributed by atoms with van der Waals surface area (Å²) in [6.45, 7) is 1.26. The van der Waals surface area contributed by atoms with E-state index in [9.17, 15) is 14.7 Å². The molecule has 1 aromatic heterocycles. The van der Waals surface area contributed by atoms with Gasteiger partial charge in [0, 0.05) is 18.2 Å². The number of hydrogen-bond acceptors (Lipinski definition) is 5. The molecule has 7 heteroatoms. The first-order valence-corrected chi connectivity index (χ1v) is 5.29. The van der Waals surface area contributed by atoms with E-state index in [1.807, 2.05) is 0 Å². The van der Waals surface area contributed by atoms with Crippen LogP contribution in [-0.4, -0.2) is 38.6 Å². The van der Waals surface area contributed by atoms with E-state index in [0.717, 1.165) is 0 Å². The molecule has 1 aliphatic heterocycles. The molecule has 1 aliphatic rings. The molecule has 0 bridgehead atoms. The summed E-state index contributed by atoms with van der Waals surface area (Å²) in [7, 11) is 0. The van der Waals surface area contributed by atoms with E-state index >= 15 is 0 Å². The summed E-state index contributed by atoms with van der Waals surface area (Å²) >= 11 is 0. The fourth-order valence-corrected chi connectivity index (χ4v) is 1.85. The summed E-state index contributed by atoms with van der Waals surface area (Å²) < 4.78 is 6.54. The summed E-state index contributed by atoms with van der Waals surface area (Å²) in [5, 5.41) is 18.5. The van der Waals surface area contributed by atoms with Crippen molar-refractivity contribution in [3.05, 3.63) is 32.6 Å². The smallest absolute Gasteiger partial charge is 0.330 e. The maximum Gasteiger partial charge on any atom is 0.330 e. The minimum Gasteiger partial charge on any atom is -0.394 e.